The first-order chi connectivity index (χ1) is 16.4. The third-order valence-electron chi connectivity index (χ3n) is 5.67. The second kappa shape index (κ2) is 12.1. The third-order valence-corrected chi connectivity index (χ3v) is 7.55. The highest BCUT2D eigenvalue weighted by Crippen LogP contribution is 2.16. The summed E-state index contributed by atoms with van der Waals surface area (Å²) in [6.45, 7) is 1.65. The number of methoxy groups -OCH3 is 2. The van der Waals surface area contributed by atoms with Crippen LogP contribution in [0.4, 0.5) is 0 Å². The van der Waals surface area contributed by atoms with E-state index in [1.54, 1.807) is 49.5 Å². The standard InChI is InChI=1S/C24H31N3O6S/c1-32-17-19-7-3-5-9-21(19)23(28)25-11-16-34(30,31)27-14-12-26(13-15-27)24(29)22-10-6-4-8-20(22)18-33-2/h3-10H,11-18H2,1-2H3,(H,25,28). The number of amides is 2. The van der Waals surface area contributed by atoms with Gasteiger partial charge in [-0.25, -0.2) is 8.42 Å². The number of hydrogen-bond acceptors (Lipinski definition) is 6. The molecule has 1 N–H and O–H groups in total. The highest BCUT2D eigenvalue weighted by molar-refractivity contribution is 7.89. The van der Waals surface area contributed by atoms with Crippen LogP contribution < -0.4 is 5.32 Å². The zero-order chi connectivity index (χ0) is 24.6. The molecule has 10 heteroatoms. The Hall–Kier alpha value is -2.79. The van der Waals surface area contributed by atoms with Gasteiger partial charge in [0.15, 0.2) is 0 Å². The number of nitrogens with zero attached hydrogens (tertiary/aromatic N) is 2. The van der Waals surface area contributed by atoms with E-state index in [1.165, 1.54) is 4.31 Å². The summed E-state index contributed by atoms with van der Waals surface area (Å²) in [5.74, 6) is -0.685. The quantitative estimate of drug-likeness (QED) is 0.542. The van der Waals surface area contributed by atoms with Crippen LogP contribution in [0.1, 0.15) is 31.8 Å². The van der Waals surface area contributed by atoms with E-state index in [2.05, 4.69) is 5.32 Å². The predicted molar refractivity (Wildman–Crippen MR) is 128 cm³/mol. The van der Waals surface area contributed by atoms with Gasteiger partial charge in [-0.15, -0.1) is 0 Å². The van der Waals surface area contributed by atoms with E-state index in [1.807, 2.05) is 18.2 Å². The molecule has 2 aromatic carbocycles. The average molecular weight is 490 g/mol. The first-order valence-electron chi connectivity index (χ1n) is 11.1. The molecule has 1 aliphatic heterocycles. The molecule has 0 saturated carbocycles. The molecule has 0 bridgehead atoms. The smallest absolute Gasteiger partial charge is 0.254 e. The number of carbonyl (C=O) groups excluding carboxylic acids is 2. The SMILES string of the molecule is COCc1ccccc1C(=O)NCCS(=O)(=O)N1CCN(C(=O)c2ccccc2COC)CC1. The van der Waals surface area contributed by atoms with Crippen LogP contribution in [0.5, 0.6) is 0 Å². The highest BCUT2D eigenvalue weighted by atomic mass is 32.2. The van der Waals surface area contributed by atoms with Crippen molar-refractivity contribution in [3.8, 4) is 0 Å². The molecular weight excluding hydrogens is 458 g/mol. The molecule has 1 fully saturated rings. The molecule has 34 heavy (non-hydrogen) atoms. The lowest BCUT2D eigenvalue weighted by molar-refractivity contribution is 0.0693. The van der Waals surface area contributed by atoms with Gasteiger partial charge in [-0.3, -0.25) is 9.59 Å². The normalized spacial score (nSPS) is 14.7. The summed E-state index contributed by atoms with van der Waals surface area (Å²) in [4.78, 5) is 27.1. The second-order valence-corrected chi connectivity index (χ2v) is 10.0. The van der Waals surface area contributed by atoms with E-state index in [0.717, 1.165) is 11.1 Å². The Morgan fingerprint density at radius 3 is 1.97 bits per heavy atom. The number of rotatable bonds is 10. The van der Waals surface area contributed by atoms with Crippen molar-refractivity contribution in [2.45, 2.75) is 13.2 Å². The first-order valence-corrected chi connectivity index (χ1v) is 12.7. The molecule has 1 aliphatic rings. The molecule has 1 heterocycles. The second-order valence-electron chi connectivity index (χ2n) is 7.94. The van der Waals surface area contributed by atoms with Crippen molar-refractivity contribution >= 4 is 21.8 Å². The van der Waals surface area contributed by atoms with Crippen molar-refractivity contribution in [3.63, 3.8) is 0 Å². The molecule has 0 spiro atoms. The molecule has 0 atom stereocenters. The summed E-state index contributed by atoms with van der Waals surface area (Å²) in [7, 11) is -0.452. The van der Waals surface area contributed by atoms with Gasteiger partial charge in [0.25, 0.3) is 11.8 Å². The van der Waals surface area contributed by atoms with E-state index < -0.39 is 10.0 Å². The minimum Gasteiger partial charge on any atom is -0.380 e. The van der Waals surface area contributed by atoms with Crippen molar-refractivity contribution in [2.75, 3.05) is 52.7 Å². The van der Waals surface area contributed by atoms with Crippen LogP contribution in [0, 0.1) is 0 Å². The van der Waals surface area contributed by atoms with Gasteiger partial charge in [0.1, 0.15) is 0 Å². The van der Waals surface area contributed by atoms with E-state index in [4.69, 9.17) is 9.47 Å². The van der Waals surface area contributed by atoms with Crippen molar-refractivity contribution in [2.24, 2.45) is 0 Å². The molecule has 3 rings (SSSR count). The summed E-state index contributed by atoms with van der Waals surface area (Å²) in [6.07, 6.45) is 0. The Morgan fingerprint density at radius 1 is 0.853 bits per heavy atom. The molecule has 184 valence electrons. The number of nitrogens with one attached hydrogen (secondary N) is 1. The fourth-order valence-electron chi connectivity index (χ4n) is 3.89. The van der Waals surface area contributed by atoms with Crippen LogP contribution in [0.25, 0.3) is 0 Å². The van der Waals surface area contributed by atoms with Crippen molar-refractivity contribution in [3.05, 3.63) is 70.8 Å². The minimum absolute atomic E-state index is 0.00792. The molecular formula is C24H31N3O6S. The molecule has 2 amide bonds. The van der Waals surface area contributed by atoms with E-state index in [0.29, 0.717) is 37.4 Å². The maximum Gasteiger partial charge on any atom is 0.254 e. The molecule has 0 aromatic heterocycles. The van der Waals surface area contributed by atoms with Gasteiger partial charge < -0.3 is 19.7 Å². The highest BCUT2D eigenvalue weighted by Gasteiger charge is 2.29. The van der Waals surface area contributed by atoms with Crippen molar-refractivity contribution < 1.29 is 27.5 Å². The average Bonchev–Trinajstić information content (AvgIpc) is 2.84. The van der Waals surface area contributed by atoms with E-state index in [9.17, 15) is 18.0 Å². The van der Waals surface area contributed by atoms with E-state index >= 15 is 0 Å². The van der Waals surface area contributed by atoms with Crippen LogP contribution >= 0.6 is 0 Å². The maximum atomic E-state index is 13.0. The number of hydrogen-bond donors (Lipinski definition) is 1. The van der Waals surface area contributed by atoms with Crippen molar-refractivity contribution in [1.82, 2.24) is 14.5 Å². The van der Waals surface area contributed by atoms with Gasteiger partial charge >= 0.3 is 0 Å². The fraction of sp³-hybridized carbons (Fsp3) is 0.417. The van der Waals surface area contributed by atoms with Gasteiger partial charge in [0, 0.05) is 58.1 Å². The topological polar surface area (TPSA) is 105 Å². The molecule has 0 aliphatic carbocycles. The van der Waals surface area contributed by atoms with Crippen LogP contribution in [0.2, 0.25) is 0 Å². The zero-order valence-corrected chi connectivity index (χ0v) is 20.3. The zero-order valence-electron chi connectivity index (χ0n) is 19.5. The first kappa shape index (κ1) is 25.8. The van der Waals surface area contributed by atoms with Crippen LogP contribution in [-0.2, 0) is 32.7 Å². The Morgan fingerprint density at radius 2 is 1.38 bits per heavy atom. The number of ether oxygens (including phenoxy) is 2. The van der Waals surface area contributed by atoms with Gasteiger partial charge in [0.05, 0.1) is 19.0 Å². The van der Waals surface area contributed by atoms with E-state index in [-0.39, 0.29) is 37.2 Å². The summed E-state index contributed by atoms with van der Waals surface area (Å²) < 4.78 is 37.3. The van der Waals surface area contributed by atoms with Gasteiger partial charge in [-0.05, 0) is 23.3 Å². The Kier molecular flexibility index (Phi) is 9.17. The lowest BCUT2D eigenvalue weighted by Gasteiger charge is -2.34. The van der Waals surface area contributed by atoms with Crippen LogP contribution in [0.15, 0.2) is 48.5 Å². The summed E-state index contributed by atoms with van der Waals surface area (Å²) in [6, 6.07) is 14.3. The number of carbonyl (C=O) groups is 2. The molecule has 1 saturated heterocycles. The monoisotopic (exact) mass is 489 g/mol. The van der Waals surface area contributed by atoms with Crippen LogP contribution in [-0.4, -0.2) is 82.1 Å². The van der Waals surface area contributed by atoms with Gasteiger partial charge in [-0.1, -0.05) is 36.4 Å². The molecule has 2 aromatic rings. The number of benzene rings is 2. The molecule has 0 unspecified atom stereocenters. The summed E-state index contributed by atoms with van der Waals surface area (Å²) >= 11 is 0. The largest absolute Gasteiger partial charge is 0.380 e. The maximum absolute atomic E-state index is 13.0. The fourth-order valence-corrected chi connectivity index (χ4v) is 5.23. The Labute approximate surface area is 200 Å². The summed E-state index contributed by atoms with van der Waals surface area (Å²) in [5.41, 5.74) is 2.56. The molecule has 9 nitrogen and oxygen atoms in total. The lowest BCUT2D eigenvalue weighted by atomic mass is 10.1. The Bertz CT molecular complexity index is 1100. The predicted octanol–water partition coefficient (Wildman–Crippen LogP) is 1.50. The Balaban J connectivity index is 1.52. The molecule has 0 radical (unpaired) electrons. The number of piperazine rings is 1. The van der Waals surface area contributed by atoms with Crippen LogP contribution in [0.3, 0.4) is 0 Å². The van der Waals surface area contributed by atoms with Gasteiger partial charge in [-0.2, -0.15) is 4.31 Å². The van der Waals surface area contributed by atoms with Gasteiger partial charge in [0.2, 0.25) is 10.0 Å². The third kappa shape index (κ3) is 6.41. The van der Waals surface area contributed by atoms with Crippen molar-refractivity contribution in [1.29, 1.82) is 0 Å². The number of sulfonamides is 1. The summed E-state index contributed by atoms with van der Waals surface area (Å²) in [5, 5.41) is 2.68. The lowest BCUT2D eigenvalue weighted by Crippen LogP contribution is -2.51. The minimum atomic E-state index is -3.58.